The average molecular weight is 542 g/mol. The third kappa shape index (κ3) is 6.13. The molecular weight excluding hydrogens is 506 g/mol. The number of amides is 1. The molecule has 0 bridgehead atoms. The number of likely N-dealkylation sites (tertiary alicyclic amines) is 1. The van der Waals surface area contributed by atoms with Crippen molar-refractivity contribution in [3.05, 3.63) is 57.8 Å². The molecule has 3 aliphatic rings. The van der Waals surface area contributed by atoms with Crippen LogP contribution in [-0.4, -0.2) is 72.8 Å². The van der Waals surface area contributed by atoms with Gasteiger partial charge in [-0.3, -0.25) is 9.59 Å². The lowest BCUT2D eigenvalue weighted by Gasteiger charge is -2.37. The number of hydrogen-bond donors (Lipinski definition) is 0. The summed E-state index contributed by atoms with van der Waals surface area (Å²) < 4.78 is 15.7. The zero-order valence-electron chi connectivity index (χ0n) is 22.4. The van der Waals surface area contributed by atoms with E-state index in [1.165, 1.54) is 11.8 Å². The Morgan fingerprint density at radius 2 is 1.76 bits per heavy atom. The minimum atomic E-state index is -0.471. The molecule has 3 aliphatic heterocycles. The average Bonchev–Trinajstić information content (AvgIpc) is 3.30. The maximum Gasteiger partial charge on any atom is 0.338 e. The van der Waals surface area contributed by atoms with Crippen LogP contribution in [-0.2, 0) is 28.6 Å². The topological polar surface area (TPSA) is 97.7 Å². The second-order valence-electron chi connectivity index (χ2n) is 9.52. The van der Waals surface area contributed by atoms with E-state index in [9.17, 15) is 14.4 Å². The van der Waals surface area contributed by atoms with Crippen molar-refractivity contribution in [2.45, 2.75) is 46.1 Å². The van der Waals surface area contributed by atoms with E-state index >= 15 is 0 Å². The summed E-state index contributed by atoms with van der Waals surface area (Å²) in [5.74, 6) is -0.807. The first-order valence-corrected chi connectivity index (χ1v) is 13.8. The van der Waals surface area contributed by atoms with E-state index in [4.69, 9.17) is 19.2 Å². The van der Waals surface area contributed by atoms with Gasteiger partial charge >= 0.3 is 11.9 Å². The smallest absolute Gasteiger partial charge is 0.338 e. The molecule has 204 valence electrons. The number of nitrogens with zero attached hydrogens (tertiary/aromatic N) is 3. The molecule has 1 atom stereocenters. The number of aliphatic imine (C=N–C) groups is 1. The molecule has 0 aliphatic carbocycles. The number of ether oxygens (including phenoxy) is 3. The Labute approximate surface area is 227 Å². The van der Waals surface area contributed by atoms with Gasteiger partial charge in [0, 0.05) is 25.9 Å². The lowest BCUT2D eigenvalue weighted by atomic mass is 9.93. The van der Waals surface area contributed by atoms with E-state index in [0.29, 0.717) is 50.4 Å². The molecule has 0 saturated carbocycles. The van der Waals surface area contributed by atoms with E-state index in [-0.39, 0.29) is 30.8 Å². The Bertz CT molecular complexity index is 1150. The number of carbonyl (C=O) groups is 3. The highest BCUT2D eigenvalue weighted by Gasteiger charge is 2.41. The molecule has 4 rings (SSSR count). The number of thioether (sulfide) groups is 1. The normalized spacial score (nSPS) is 19.6. The van der Waals surface area contributed by atoms with Crippen molar-refractivity contribution in [1.29, 1.82) is 0 Å². The maximum atomic E-state index is 13.3. The predicted molar refractivity (Wildman–Crippen MR) is 145 cm³/mol. The van der Waals surface area contributed by atoms with Gasteiger partial charge in [0.15, 0.2) is 5.17 Å². The van der Waals surface area contributed by atoms with Crippen LogP contribution in [0.25, 0.3) is 0 Å². The second-order valence-corrected chi connectivity index (χ2v) is 10.4. The molecule has 38 heavy (non-hydrogen) atoms. The summed E-state index contributed by atoms with van der Waals surface area (Å²) in [6.07, 6.45) is 1.36. The van der Waals surface area contributed by atoms with Gasteiger partial charge in [-0.25, -0.2) is 9.79 Å². The summed E-state index contributed by atoms with van der Waals surface area (Å²) in [5, 5.41) is 2.67. The molecule has 1 aromatic carbocycles. The molecule has 1 aromatic rings. The second kappa shape index (κ2) is 12.6. The van der Waals surface area contributed by atoms with Gasteiger partial charge in [-0.05, 0) is 44.6 Å². The lowest BCUT2D eigenvalue weighted by molar-refractivity contribution is -0.151. The number of benzene rings is 1. The Morgan fingerprint density at radius 1 is 1.05 bits per heavy atom. The minimum Gasteiger partial charge on any atom is -0.466 e. The number of esters is 2. The summed E-state index contributed by atoms with van der Waals surface area (Å²) in [7, 11) is 1.56. The van der Waals surface area contributed by atoms with Crippen molar-refractivity contribution in [2.24, 2.45) is 10.9 Å². The third-order valence-corrected chi connectivity index (χ3v) is 7.82. The van der Waals surface area contributed by atoms with Crippen LogP contribution in [0, 0.1) is 12.8 Å². The lowest BCUT2D eigenvalue weighted by Crippen LogP contribution is -2.42. The summed E-state index contributed by atoms with van der Waals surface area (Å²) in [6.45, 7) is 7.46. The van der Waals surface area contributed by atoms with Gasteiger partial charge in [0.25, 0.3) is 0 Å². The van der Waals surface area contributed by atoms with E-state index in [1.807, 2.05) is 53.3 Å². The van der Waals surface area contributed by atoms with Crippen molar-refractivity contribution < 1.29 is 28.6 Å². The standard InChI is InChI=1S/C28H35N3O6S/c1-5-36-26(33)21-10-12-30(13-11-21)23(32)16-22-17-38-28-29-19(3)24(27(34)37-15-14-35-4)25(31(22)28)20-8-6-18(2)7-9-20/h6-9,17,21,25H,5,10-16H2,1-4H3. The summed E-state index contributed by atoms with van der Waals surface area (Å²) in [5.41, 5.74) is 3.85. The van der Waals surface area contributed by atoms with Crippen LogP contribution >= 0.6 is 11.8 Å². The highest BCUT2D eigenvalue weighted by molar-refractivity contribution is 8.16. The molecule has 3 heterocycles. The molecule has 1 amide bonds. The van der Waals surface area contributed by atoms with Crippen LogP contribution < -0.4 is 0 Å². The summed E-state index contributed by atoms with van der Waals surface area (Å²) >= 11 is 1.45. The molecule has 9 nitrogen and oxygen atoms in total. The third-order valence-electron chi connectivity index (χ3n) is 6.93. The number of rotatable bonds is 9. The molecule has 1 unspecified atom stereocenters. The van der Waals surface area contributed by atoms with Crippen molar-refractivity contribution in [3.8, 4) is 0 Å². The van der Waals surface area contributed by atoms with Crippen LogP contribution in [0.15, 0.2) is 51.6 Å². The van der Waals surface area contributed by atoms with Crippen LogP contribution in [0.3, 0.4) is 0 Å². The highest BCUT2D eigenvalue weighted by Crippen LogP contribution is 2.45. The van der Waals surface area contributed by atoms with Crippen LogP contribution in [0.5, 0.6) is 0 Å². The number of hydrogen-bond acceptors (Lipinski definition) is 9. The van der Waals surface area contributed by atoms with Crippen molar-refractivity contribution >= 4 is 34.8 Å². The zero-order chi connectivity index (χ0) is 27.2. The molecule has 0 radical (unpaired) electrons. The number of amidine groups is 1. The Kier molecular flexibility index (Phi) is 9.27. The monoisotopic (exact) mass is 541 g/mol. The van der Waals surface area contributed by atoms with Gasteiger partial charge in [-0.15, -0.1) is 0 Å². The van der Waals surface area contributed by atoms with Gasteiger partial charge in [0.2, 0.25) is 5.91 Å². The Balaban J connectivity index is 1.54. The molecule has 0 spiro atoms. The quantitative estimate of drug-likeness (QED) is 0.342. The molecular formula is C28H35N3O6S. The van der Waals surface area contributed by atoms with Gasteiger partial charge < -0.3 is 24.0 Å². The maximum absolute atomic E-state index is 13.3. The first-order chi connectivity index (χ1) is 18.3. The SMILES string of the molecule is CCOC(=O)C1CCN(C(=O)CC2=CSC3=NC(C)=C(C(=O)OCCOC)C(c4ccc(C)cc4)N23)CC1. The fraction of sp³-hybridized carbons (Fsp3) is 0.500. The van der Waals surface area contributed by atoms with Crippen molar-refractivity contribution in [1.82, 2.24) is 9.80 Å². The first-order valence-electron chi connectivity index (χ1n) is 13.0. The van der Waals surface area contributed by atoms with Crippen molar-refractivity contribution in [2.75, 3.05) is 40.0 Å². The van der Waals surface area contributed by atoms with Gasteiger partial charge in [-0.1, -0.05) is 41.6 Å². The summed E-state index contributed by atoms with van der Waals surface area (Å²) in [4.78, 5) is 47.2. The van der Waals surface area contributed by atoms with Gasteiger partial charge in [-0.2, -0.15) is 0 Å². The van der Waals surface area contributed by atoms with Crippen molar-refractivity contribution in [3.63, 3.8) is 0 Å². The van der Waals surface area contributed by atoms with Crippen LogP contribution in [0.1, 0.15) is 50.3 Å². The number of allylic oxidation sites excluding steroid dienone is 1. The molecule has 1 fully saturated rings. The van der Waals surface area contributed by atoms with Gasteiger partial charge in [0.05, 0.1) is 42.9 Å². The van der Waals surface area contributed by atoms with E-state index in [1.54, 1.807) is 14.0 Å². The largest absolute Gasteiger partial charge is 0.466 e. The fourth-order valence-corrected chi connectivity index (χ4v) is 5.85. The number of aryl methyl sites for hydroxylation is 1. The Hall–Kier alpha value is -3.11. The number of carbonyl (C=O) groups excluding carboxylic acids is 3. The number of fused-ring (bicyclic) bond motifs is 1. The Morgan fingerprint density at radius 3 is 2.42 bits per heavy atom. The zero-order valence-corrected chi connectivity index (χ0v) is 23.2. The van der Waals surface area contributed by atoms with E-state index in [2.05, 4.69) is 0 Å². The number of piperidine rings is 1. The fourth-order valence-electron chi connectivity index (χ4n) is 4.88. The molecule has 1 saturated heterocycles. The molecule has 10 heteroatoms. The van der Waals surface area contributed by atoms with Crippen LogP contribution in [0.2, 0.25) is 0 Å². The van der Waals surface area contributed by atoms with Crippen LogP contribution in [0.4, 0.5) is 0 Å². The summed E-state index contributed by atoms with van der Waals surface area (Å²) in [6, 6.07) is 7.55. The van der Waals surface area contributed by atoms with E-state index < -0.39 is 12.0 Å². The first kappa shape index (κ1) is 27.9. The number of methoxy groups -OCH3 is 1. The van der Waals surface area contributed by atoms with E-state index in [0.717, 1.165) is 22.0 Å². The minimum absolute atomic E-state index is 0.0152. The highest BCUT2D eigenvalue weighted by atomic mass is 32.2. The van der Waals surface area contributed by atoms with Gasteiger partial charge in [0.1, 0.15) is 6.61 Å². The molecule has 0 aromatic heterocycles. The predicted octanol–water partition coefficient (Wildman–Crippen LogP) is 3.95. The molecule has 0 N–H and O–H groups in total.